The quantitative estimate of drug-likeness (QED) is 0.807. The van der Waals surface area contributed by atoms with E-state index in [4.69, 9.17) is 21.1 Å². The van der Waals surface area contributed by atoms with Crippen molar-refractivity contribution in [2.75, 3.05) is 13.2 Å². The van der Waals surface area contributed by atoms with Crippen LogP contribution in [0.25, 0.3) is 0 Å². The van der Waals surface area contributed by atoms with Crippen molar-refractivity contribution in [1.82, 2.24) is 5.32 Å². The van der Waals surface area contributed by atoms with Gasteiger partial charge in [0.15, 0.2) is 0 Å². The predicted molar refractivity (Wildman–Crippen MR) is 92.9 cm³/mol. The molecule has 0 aromatic heterocycles. The molecule has 1 aliphatic heterocycles. The second-order valence-electron chi connectivity index (χ2n) is 5.90. The first kappa shape index (κ1) is 17.2. The highest BCUT2D eigenvalue weighted by Gasteiger charge is 2.14. The maximum Gasteiger partial charge on any atom is 0.131 e. The van der Waals surface area contributed by atoms with Crippen LogP contribution in [0.2, 0.25) is 5.02 Å². The number of nitrogens with one attached hydrogen (secondary N) is 1. The molecule has 0 radical (unpaired) electrons. The molecule has 128 valence electrons. The normalized spacial score (nSPS) is 17.2. The van der Waals surface area contributed by atoms with Gasteiger partial charge in [0.25, 0.3) is 0 Å². The van der Waals surface area contributed by atoms with Gasteiger partial charge in [-0.3, -0.25) is 0 Å². The Kier molecular flexibility index (Phi) is 6.07. The Morgan fingerprint density at radius 3 is 2.75 bits per heavy atom. The van der Waals surface area contributed by atoms with Crippen LogP contribution in [0.1, 0.15) is 24.0 Å². The van der Waals surface area contributed by atoms with Crippen molar-refractivity contribution >= 4 is 11.6 Å². The van der Waals surface area contributed by atoms with E-state index >= 15 is 0 Å². The second-order valence-corrected chi connectivity index (χ2v) is 6.31. The SMILES string of the molecule is Fc1cccc(Cl)c1COc1ccc(CNCC2CCCO2)cc1. The molecule has 0 bridgehead atoms. The Morgan fingerprint density at radius 2 is 2.04 bits per heavy atom. The molecule has 3 rings (SSSR count). The van der Waals surface area contributed by atoms with Crippen LogP contribution in [0.5, 0.6) is 5.75 Å². The molecule has 5 heteroatoms. The molecule has 2 aromatic rings. The third-order valence-electron chi connectivity index (χ3n) is 4.09. The van der Waals surface area contributed by atoms with E-state index in [1.54, 1.807) is 12.1 Å². The van der Waals surface area contributed by atoms with Crippen LogP contribution in [-0.4, -0.2) is 19.3 Å². The lowest BCUT2D eigenvalue weighted by molar-refractivity contribution is 0.110. The minimum Gasteiger partial charge on any atom is -0.489 e. The average Bonchev–Trinajstić information content (AvgIpc) is 3.09. The van der Waals surface area contributed by atoms with E-state index in [0.717, 1.165) is 32.5 Å². The minimum atomic E-state index is -0.350. The van der Waals surface area contributed by atoms with Crippen LogP contribution in [0.4, 0.5) is 4.39 Å². The third kappa shape index (κ3) is 4.69. The molecular weight excluding hydrogens is 329 g/mol. The second kappa shape index (κ2) is 8.47. The lowest BCUT2D eigenvalue weighted by Gasteiger charge is -2.12. The van der Waals surface area contributed by atoms with E-state index in [1.165, 1.54) is 11.6 Å². The van der Waals surface area contributed by atoms with E-state index in [0.29, 0.717) is 22.4 Å². The topological polar surface area (TPSA) is 30.5 Å². The van der Waals surface area contributed by atoms with Gasteiger partial charge in [-0.15, -0.1) is 0 Å². The molecule has 0 aliphatic carbocycles. The molecule has 1 N–H and O–H groups in total. The molecule has 3 nitrogen and oxygen atoms in total. The summed E-state index contributed by atoms with van der Waals surface area (Å²) < 4.78 is 24.9. The largest absolute Gasteiger partial charge is 0.489 e. The monoisotopic (exact) mass is 349 g/mol. The van der Waals surface area contributed by atoms with Crippen molar-refractivity contribution in [3.05, 3.63) is 64.4 Å². The summed E-state index contributed by atoms with van der Waals surface area (Å²) in [5.41, 5.74) is 1.55. The van der Waals surface area contributed by atoms with E-state index < -0.39 is 0 Å². The van der Waals surface area contributed by atoms with Crippen molar-refractivity contribution in [3.63, 3.8) is 0 Å². The highest BCUT2D eigenvalue weighted by atomic mass is 35.5. The maximum atomic E-state index is 13.7. The summed E-state index contributed by atoms with van der Waals surface area (Å²) in [5.74, 6) is 0.342. The molecule has 1 atom stereocenters. The van der Waals surface area contributed by atoms with Gasteiger partial charge in [0, 0.05) is 25.3 Å². The zero-order chi connectivity index (χ0) is 16.8. The van der Waals surface area contributed by atoms with Gasteiger partial charge in [0.05, 0.1) is 11.1 Å². The molecule has 0 amide bonds. The highest BCUT2D eigenvalue weighted by Crippen LogP contribution is 2.21. The fourth-order valence-electron chi connectivity index (χ4n) is 2.71. The fraction of sp³-hybridized carbons (Fsp3) is 0.368. The van der Waals surface area contributed by atoms with Crippen molar-refractivity contribution < 1.29 is 13.9 Å². The van der Waals surface area contributed by atoms with Gasteiger partial charge in [-0.2, -0.15) is 0 Å². The van der Waals surface area contributed by atoms with Crippen molar-refractivity contribution in [1.29, 1.82) is 0 Å². The zero-order valence-corrected chi connectivity index (χ0v) is 14.2. The molecule has 1 aliphatic rings. The van der Waals surface area contributed by atoms with Gasteiger partial charge >= 0.3 is 0 Å². The van der Waals surface area contributed by atoms with Gasteiger partial charge in [0.2, 0.25) is 0 Å². The fourth-order valence-corrected chi connectivity index (χ4v) is 2.93. The molecule has 1 heterocycles. The third-order valence-corrected chi connectivity index (χ3v) is 4.45. The first-order chi connectivity index (χ1) is 11.7. The van der Waals surface area contributed by atoms with E-state index in [1.807, 2.05) is 24.3 Å². The van der Waals surface area contributed by atoms with Gasteiger partial charge in [-0.1, -0.05) is 29.8 Å². The molecule has 0 spiro atoms. The molecule has 0 saturated carbocycles. The summed E-state index contributed by atoms with van der Waals surface area (Å²) in [6, 6.07) is 12.4. The number of hydrogen-bond acceptors (Lipinski definition) is 3. The summed E-state index contributed by atoms with van der Waals surface area (Å²) >= 11 is 5.99. The molecule has 24 heavy (non-hydrogen) atoms. The Balaban J connectivity index is 1.47. The Labute approximate surface area is 146 Å². The Bertz CT molecular complexity index is 637. The first-order valence-electron chi connectivity index (χ1n) is 8.19. The molecule has 1 unspecified atom stereocenters. The van der Waals surface area contributed by atoms with Crippen molar-refractivity contribution in [2.24, 2.45) is 0 Å². The van der Waals surface area contributed by atoms with Crippen LogP contribution in [-0.2, 0) is 17.9 Å². The zero-order valence-electron chi connectivity index (χ0n) is 13.4. The summed E-state index contributed by atoms with van der Waals surface area (Å²) in [6.45, 7) is 2.66. The van der Waals surface area contributed by atoms with Gasteiger partial charge in [-0.05, 0) is 42.7 Å². The summed E-state index contributed by atoms with van der Waals surface area (Å²) in [6.07, 6.45) is 2.64. The summed E-state index contributed by atoms with van der Waals surface area (Å²) in [7, 11) is 0. The lowest BCUT2D eigenvalue weighted by atomic mass is 10.2. The van der Waals surface area contributed by atoms with Crippen LogP contribution < -0.4 is 10.1 Å². The number of halogens is 2. The number of rotatable bonds is 7. The van der Waals surface area contributed by atoms with E-state index in [-0.39, 0.29) is 12.4 Å². The van der Waals surface area contributed by atoms with Gasteiger partial charge in [-0.25, -0.2) is 4.39 Å². The predicted octanol–water partition coefficient (Wildman–Crippen LogP) is 4.33. The van der Waals surface area contributed by atoms with E-state index in [2.05, 4.69) is 5.32 Å². The smallest absolute Gasteiger partial charge is 0.131 e. The van der Waals surface area contributed by atoms with Gasteiger partial charge < -0.3 is 14.8 Å². The maximum absolute atomic E-state index is 13.7. The average molecular weight is 350 g/mol. The van der Waals surface area contributed by atoms with Gasteiger partial charge in [0.1, 0.15) is 18.2 Å². The number of hydrogen-bond donors (Lipinski definition) is 1. The molecule has 1 saturated heterocycles. The van der Waals surface area contributed by atoms with Crippen molar-refractivity contribution in [2.45, 2.75) is 32.1 Å². The Hall–Kier alpha value is -1.62. The summed E-state index contributed by atoms with van der Waals surface area (Å²) in [4.78, 5) is 0. The number of ether oxygens (including phenoxy) is 2. The molecule has 1 fully saturated rings. The van der Waals surface area contributed by atoms with Crippen LogP contribution >= 0.6 is 11.6 Å². The number of benzene rings is 2. The van der Waals surface area contributed by atoms with Crippen molar-refractivity contribution in [3.8, 4) is 5.75 Å². The van der Waals surface area contributed by atoms with Crippen LogP contribution in [0.15, 0.2) is 42.5 Å². The molecular formula is C19H21ClFNO2. The standard InChI is InChI=1S/C19H21ClFNO2/c20-18-4-1-5-19(21)17(18)13-24-15-8-6-14(7-9-15)11-22-12-16-3-2-10-23-16/h1,4-9,16,22H,2-3,10-13H2. The lowest BCUT2D eigenvalue weighted by Crippen LogP contribution is -2.25. The highest BCUT2D eigenvalue weighted by molar-refractivity contribution is 6.31. The molecule has 2 aromatic carbocycles. The van der Waals surface area contributed by atoms with E-state index in [9.17, 15) is 4.39 Å². The van der Waals surface area contributed by atoms with Crippen LogP contribution in [0.3, 0.4) is 0 Å². The van der Waals surface area contributed by atoms with Crippen LogP contribution in [0, 0.1) is 5.82 Å². The Morgan fingerprint density at radius 1 is 1.21 bits per heavy atom. The first-order valence-corrected chi connectivity index (χ1v) is 8.57. The summed E-state index contributed by atoms with van der Waals surface area (Å²) in [5, 5.41) is 3.78. The minimum absolute atomic E-state index is 0.113.